The minimum Gasteiger partial charge on any atom is -0.339 e. The zero-order chi connectivity index (χ0) is 19.5. The van der Waals surface area contributed by atoms with Crippen molar-refractivity contribution < 1.29 is 9.32 Å². The summed E-state index contributed by atoms with van der Waals surface area (Å²) in [5, 5.41) is 7.98. The minimum absolute atomic E-state index is 0.158. The first-order chi connectivity index (χ1) is 13.6. The summed E-state index contributed by atoms with van der Waals surface area (Å²) in [4.78, 5) is 19.3. The van der Waals surface area contributed by atoms with Gasteiger partial charge in [-0.25, -0.2) is 0 Å². The molecule has 1 aromatic carbocycles. The molecule has 1 aliphatic rings. The second kappa shape index (κ2) is 8.27. The first-order valence-corrected chi connectivity index (χ1v) is 10.8. The second-order valence-electron chi connectivity index (χ2n) is 7.67. The number of aromatic nitrogens is 2. The number of rotatable bonds is 8. The molecule has 1 fully saturated rings. The number of carbonyl (C=O) groups is 1. The van der Waals surface area contributed by atoms with Gasteiger partial charge in [0, 0.05) is 36.4 Å². The summed E-state index contributed by atoms with van der Waals surface area (Å²) in [6, 6.07) is 11.0. The van der Waals surface area contributed by atoms with Crippen molar-refractivity contribution in [3.05, 3.63) is 58.1 Å². The van der Waals surface area contributed by atoms with E-state index in [-0.39, 0.29) is 5.91 Å². The number of benzene rings is 1. The third kappa shape index (κ3) is 4.50. The van der Waals surface area contributed by atoms with Crippen LogP contribution in [-0.2, 0) is 17.8 Å². The van der Waals surface area contributed by atoms with Crippen molar-refractivity contribution in [1.82, 2.24) is 15.0 Å². The zero-order valence-electron chi connectivity index (χ0n) is 16.3. The maximum Gasteiger partial charge on any atom is 0.227 e. The molecule has 2 aromatic heterocycles. The van der Waals surface area contributed by atoms with Gasteiger partial charge in [0.1, 0.15) is 0 Å². The fraction of sp³-hybridized carbons (Fsp3) is 0.409. The number of nitrogens with zero attached hydrogens (tertiary/aromatic N) is 3. The maximum absolute atomic E-state index is 12.9. The van der Waals surface area contributed by atoms with Crippen LogP contribution in [0.3, 0.4) is 0 Å². The number of hydrogen-bond acceptors (Lipinski definition) is 5. The smallest absolute Gasteiger partial charge is 0.227 e. The lowest BCUT2D eigenvalue weighted by atomic mass is 10.0. The van der Waals surface area contributed by atoms with E-state index in [4.69, 9.17) is 4.52 Å². The van der Waals surface area contributed by atoms with Crippen molar-refractivity contribution in [1.29, 1.82) is 0 Å². The van der Waals surface area contributed by atoms with Crippen LogP contribution < -0.4 is 0 Å². The van der Waals surface area contributed by atoms with E-state index in [2.05, 4.69) is 48.3 Å². The minimum atomic E-state index is 0.158. The Labute approximate surface area is 169 Å². The van der Waals surface area contributed by atoms with Crippen LogP contribution in [0.15, 0.2) is 45.6 Å². The molecular weight excluding hydrogens is 370 g/mol. The van der Waals surface area contributed by atoms with Crippen LogP contribution >= 0.6 is 11.3 Å². The van der Waals surface area contributed by atoms with Gasteiger partial charge in [0.15, 0.2) is 0 Å². The van der Waals surface area contributed by atoms with Gasteiger partial charge in [-0.1, -0.05) is 43.3 Å². The highest BCUT2D eigenvalue weighted by atomic mass is 32.1. The van der Waals surface area contributed by atoms with E-state index in [1.807, 2.05) is 21.7 Å². The van der Waals surface area contributed by atoms with E-state index < -0.39 is 0 Å². The van der Waals surface area contributed by atoms with Crippen molar-refractivity contribution in [3.8, 4) is 11.4 Å². The zero-order valence-corrected chi connectivity index (χ0v) is 17.1. The largest absolute Gasteiger partial charge is 0.339 e. The van der Waals surface area contributed by atoms with E-state index >= 15 is 0 Å². The molecule has 4 rings (SSSR count). The van der Waals surface area contributed by atoms with Crippen molar-refractivity contribution in [2.75, 3.05) is 0 Å². The molecule has 2 heterocycles. The first-order valence-electron chi connectivity index (χ1n) is 9.83. The standard InChI is InChI=1S/C22H25N3O2S/c1-15(2)17-5-3-16(4-6-17)13-25(19-7-8-19)21(26)10-9-20-23-22(24-27-20)18-11-12-28-14-18/h3-6,11-12,14-15,19H,7-10,13H2,1-2H3. The average molecular weight is 396 g/mol. The monoisotopic (exact) mass is 395 g/mol. The number of carbonyl (C=O) groups excluding carboxylic acids is 1. The van der Waals surface area contributed by atoms with Crippen molar-refractivity contribution in [2.45, 2.75) is 58.0 Å². The molecule has 3 aromatic rings. The molecule has 0 spiro atoms. The summed E-state index contributed by atoms with van der Waals surface area (Å²) in [7, 11) is 0. The Balaban J connectivity index is 1.36. The molecule has 1 saturated carbocycles. The molecule has 0 aliphatic heterocycles. The van der Waals surface area contributed by atoms with E-state index in [0.29, 0.717) is 43.1 Å². The first kappa shape index (κ1) is 18.9. The molecule has 1 aliphatic carbocycles. The Morgan fingerprint density at radius 1 is 1.25 bits per heavy atom. The predicted molar refractivity (Wildman–Crippen MR) is 110 cm³/mol. The predicted octanol–water partition coefficient (Wildman–Crippen LogP) is 5.05. The SMILES string of the molecule is CC(C)c1ccc(CN(C(=O)CCc2nc(-c3ccsc3)no2)C2CC2)cc1. The highest BCUT2D eigenvalue weighted by Gasteiger charge is 2.32. The third-order valence-corrected chi connectivity index (χ3v) is 5.79. The molecule has 5 nitrogen and oxygen atoms in total. The summed E-state index contributed by atoms with van der Waals surface area (Å²) < 4.78 is 5.32. The highest BCUT2D eigenvalue weighted by Crippen LogP contribution is 2.29. The third-order valence-electron chi connectivity index (χ3n) is 5.11. The normalized spacial score (nSPS) is 13.8. The molecule has 28 heavy (non-hydrogen) atoms. The molecule has 146 valence electrons. The van der Waals surface area contributed by atoms with Gasteiger partial charge in [-0.05, 0) is 41.3 Å². The molecular formula is C22H25N3O2S. The van der Waals surface area contributed by atoms with Crippen LogP contribution in [0.1, 0.15) is 56.0 Å². The van der Waals surface area contributed by atoms with Crippen LogP contribution in [0.5, 0.6) is 0 Å². The van der Waals surface area contributed by atoms with Gasteiger partial charge in [0.2, 0.25) is 17.6 Å². The lowest BCUT2D eigenvalue weighted by Crippen LogP contribution is -2.32. The molecule has 0 unspecified atom stereocenters. The number of thiophene rings is 1. The number of aryl methyl sites for hydroxylation is 1. The van der Waals surface area contributed by atoms with Crippen molar-refractivity contribution in [3.63, 3.8) is 0 Å². The fourth-order valence-corrected chi connectivity index (χ4v) is 3.87. The summed E-state index contributed by atoms with van der Waals surface area (Å²) in [6.07, 6.45) is 3.06. The molecule has 0 bridgehead atoms. The highest BCUT2D eigenvalue weighted by molar-refractivity contribution is 7.08. The van der Waals surface area contributed by atoms with E-state index in [9.17, 15) is 4.79 Å². The van der Waals surface area contributed by atoms with Gasteiger partial charge in [-0.3, -0.25) is 4.79 Å². The second-order valence-corrected chi connectivity index (χ2v) is 8.45. The number of amides is 1. The lowest BCUT2D eigenvalue weighted by molar-refractivity contribution is -0.132. The van der Waals surface area contributed by atoms with Crippen LogP contribution in [0.4, 0.5) is 0 Å². The van der Waals surface area contributed by atoms with E-state index in [1.54, 1.807) is 11.3 Å². The quantitative estimate of drug-likeness (QED) is 0.536. The van der Waals surface area contributed by atoms with Crippen LogP contribution in [0, 0.1) is 0 Å². The van der Waals surface area contributed by atoms with Gasteiger partial charge in [-0.15, -0.1) is 0 Å². The molecule has 0 radical (unpaired) electrons. The Hall–Kier alpha value is -2.47. The van der Waals surface area contributed by atoms with Gasteiger partial charge in [-0.2, -0.15) is 16.3 Å². The van der Waals surface area contributed by atoms with Crippen LogP contribution in [0.25, 0.3) is 11.4 Å². The summed E-state index contributed by atoms with van der Waals surface area (Å²) in [6.45, 7) is 5.05. The number of hydrogen-bond donors (Lipinski definition) is 0. The molecule has 0 N–H and O–H groups in total. The van der Waals surface area contributed by atoms with Gasteiger partial charge in [0.05, 0.1) is 0 Å². The van der Waals surface area contributed by atoms with Crippen LogP contribution in [-0.4, -0.2) is 27.0 Å². The van der Waals surface area contributed by atoms with Gasteiger partial charge < -0.3 is 9.42 Å². The van der Waals surface area contributed by atoms with Gasteiger partial charge >= 0.3 is 0 Å². The van der Waals surface area contributed by atoms with Crippen LogP contribution in [0.2, 0.25) is 0 Å². The van der Waals surface area contributed by atoms with Crippen molar-refractivity contribution >= 4 is 17.2 Å². The summed E-state index contributed by atoms with van der Waals surface area (Å²) in [5.74, 6) is 1.79. The Morgan fingerprint density at radius 2 is 2.04 bits per heavy atom. The lowest BCUT2D eigenvalue weighted by Gasteiger charge is -2.22. The Bertz CT molecular complexity index is 912. The van der Waals surface area contributed by atoms with E-state index in [0.717, 1.165) is 18.4 Å². The van der Waals surface area contributed by atoms with Gasteiger partial charge in [0.25, 0.3) is 0 Å². The molecule has 0 atom stereocenters. The summed E-state index contributed by atoms with van der Waals surface area (Å²) in [5.41, 5.74) is 3.46. The topological polar surface area (TPSA) is 59.2 Å². The van der Waals surface area contributed by atoms with Crippen molar-refractivity contribution in [2.24, 2.45) is 0 Å². The summed E-state index contributed by atoms with van der Waals surface area (Å²) >= 11 is 1.60. The molecule has 6 heteroatoms. The molecule has 1 amide bonds. The fourth-order valence-electron chi connectivity index (χ4n) is 3.23. The average Bonchev–Trinajstić information content (AvgIpc) is 3.18. The maximum atomic E-state index is 12.9. The Kier molecular flexibility index (Phi) is 5.57. The molecule has 0 saturated heterocycles. The Morgan fingerprint density at radius 3 is 2.68 bits per heavy atom. The van der Waals surface area contributed by atoms with E-state index in [1.165, 1.54) is 11.1 Å².